The van der Waals surface area contributed by atoms with Gasteiger partial charge in [0.1, 0.15) is 29.5 Å². The number of hydrogen-bond acceptors (Lipinski definition) is 9. The lowest BCUT2D eigenvalue weighted by atomic mass is 9.90. The maximum absolute atomic E-state index is 16.2. The molecule has 0 radical (unpaired) electrons. The standard InChI is InChI=1S/C48H55FN8O7/c1-23(2)38(54-47(60)62-4)45(58)56-30-10-6-29(19-30)42(56)44-51-35-13-9-28-18-26(7-11-31(28)40(35)53-44)27-8-12-32(34(49)20-27)36-22-50-43(52-36)37-21-33-24(3)41(33)57(37)46(59)39(55-48(61)63-5)25-14-16-64-17-15-25/h7-9,11-13,18,20,22-25,29-30,33,37-39,41-42H,6,10,14-17,19,21H2,1-5H3,(H,50,52)(H,51,53)(H,54,60)(H,55,61)/t24-,29+,30-,33+,37+,38+,39+,41-,42+/m1/s1. The second-order valence-corrected chi connectivity index (χ2v) is 18.7. The van der Waals surface area contributed by atoms with Crippen molar-refractivity contribution >= 4 is 45.8 Å². The van der Waals surface area contributed by atoms with Gasteiger partial charge in [-0.2, -0.15) is 0 Å². The van der Waals surface area contributed by atoms with Gasteiger partial charge < -0.3 is 44.6 Å². The number of nitrogens with zero attached hydrogens (tertiary/aromatic N) is 4. The fraction of sp³-hybridized carbons (Fsp3) is 0.500. The number of carbonyl (C=O) groups is 4. The summed E-state index contributed by atoms with van der Waals surface area (Å²) >= 11 is 0. The molecule has 0 unspecified atom stereocenters. The number of hydrogen-bond donors (Lipinski definition) is 4. The second kappa shape index (κ2) is 16.5. The first kappa shape index (κ1) is 42.0. The Labute approximate surface area is 370 Å². The molecule has 2 saturated carbocycles. The van der Waals surface area contributed by atoms with Crippen LogP contribution in [0, 0.1) is 35.4 Å². The molecule has 9 atom stereocenters. The number of nitrogens with one attached hydrogen (secondary N) is 4. The van der Waals surface area contributed by atoms with E-state index in [9.17, 15) is 19.2 Å². The number of imidazole rings is 2. The van der Waals surface area contributed by atoms with Gasteiger partial charge in [0, 0.05) is 36.2 Å². The number of methoxy groups -OCH3 is 2. The molecular weight excluding hydrogens is 820 g/mol. The van der Waals surface area contributed by atoms with Crippen LogP contribution in [0.15, 0.2) is 54.7 Å². The molecule has 3 saturated heterocycles. The molecule has 336 valence electrons. The Kier molecular flexibility index (Phi) is 10.8. The zero-order chi connectivity index (χ0) is 44.6. The third-order valence-electron chi connectivity index (χ3n) is 14.9. The van der Waals surface area contributed by atoms with E-state index in [1.165, 1.54) is 20.3 Å². The summed E-state index contributed by atoms with van der Waals surface area (Å²) < 4.78 is 31.5. The van der Waals surface area contributed by atoms with Gasteiger partial charge in [0.15, 0.2) is 0 Å². The minimum Gasteiger partial charge on any atom is -0.453 e. The normalized spacial score (nSPS) is 26.0. The largest absolute Gasteiger partial charge is 0.453 e. The van der Waals surface area contributed by atoms with Crippen molar-refractivity contribution in [3.05, 3.63) is 72.2 Å². The number of halogens is 1. The minimum absolute atomic E-state index is 0.0428. The van der Waals surface area contributed by atoms with Crippen molar-refractivity contribution in [1.82, 2.24) is 40.4 Å². The van der Waals surface area contributed by atoms with E-state index in [2.05, 4.69) is 27.5 Å². The average molecular weight is 875 g/mol. The Morgan fingerprint density at radius 3 is 2.36 bits per heavy atom. The third-order valence-corrected chi connectivity index (χ3v) is 14.9. The molecule has 2 aromatic heterocycles. The van der Waals surface area contributed by atoms with Gasteiger partial charge in [0.05, 0.1) is 49.2 Å². The van der Waals surface area contributed by atoms with Gasteiger partial charge in [0.25, 0.3) is 0 Å². The molecule has 10 rings (SSSR count). The third kappa shape index (κ3) is 7.23. The lowest BCUT2D eigenvalue weighted by Gasteiger charge is -2.37. The Bertz CT molecular complexity index is 2640. The maximum Gasteiger partial charge on any atom is 0.407 e. The predicted octanol–water partition coefficient (Wildman–Crippen LogP) is 7.40. The lowest BCUT2D eigenvalue weighted by Crippen LogP contribution is -2.54. The molecule has 5 aliphatic rings. The summed E-state index contributed by atoms with van der Waals surface area (Å²) in [6, 6.07) is 13.3. The highest BCUT2D eigenvalue weighted by atomic mass is 19.1. The molecule has 5 heterocycles. The molecule has 4 amide bonds. The van der Waals surface area contributed by atoms with E-state index < -0.39 is 30.1 Å². The predicted molar refractivity (Wildman–Crippen MR) is 235 cm³/mol. The van der Waals surface area contributed by atoms with E-state index in [4.69, 9.17) is 24.2 Å². The number of alkyl carbamates (subject to hydrolysis) is 2. The van der Waals surface area contributed by atoms with E-state index in [1.54, 1.807) is 12.3 Å². The molecule has 2 aliphatic carbocycles. The van der Waals surface area contributed by atoms with Gasteiger partial charge in [-0.1, -0.05) is 45.0 Å². The zero-order valence-electron chi connectivity index (χ0n) is 36.7. The molecule has 4 N–H and O–H groups in total. The highest BCUT2D eigenvalue weighted by Crippen LogP contribution is 2.58. The van der Waals surface area contributed by atoms with Gasteiger partial charge >= 0.3 is 12.2 Å². The number of piperidine rings is 2. The summed E-state index contributed by atoms with van der Waals surface area (Å²) in [4.78, 5) is 73.7. The maximum atomic E-state index is 16.2. The highest BCUT2D eigenvalue weighted by molar-refractivity contribution is 6.05. The topological polar surface area (TPSA) is 184 Å². The van der Waals surface area contributed by atoms with Crippen molar-refractivity contribution in [2.24, 2.45) is 29.6 Å². The number of carbonyl (C=O) groups excluding carboxylic acids is 4. The van der Waals surface area contributed by atoms with Crippen LogP contribution in [0.2, 0.25) is 0 Å². The van der Waals surface area contributed by atoms with Gasteiger partial charge in [-0.15, -0.1) is 0 Å². The fourth-order valence-electron chi connectivity index (χ4n) is 11.5. The van der Waals surface area contributed by atoms with Crippen molar-refractivity contribution in [1.29, 1.82) is 0 Å². The Morgan fingerprint density at radius 1 is 0.859 bits per heavy atom. The monoisotopic (exact) mass is 874 g/mol. The molecule has 16 heteroatoms. The van der Waals surface area contributed by atoms with E-state index >= 15 is 4.39 Å². The van der Waals surface area contributed by atoms with E-state index in [0.29, 0.717) is 60.5 Å². The molecule has 3 aromatic carbocycles. The summed E-state index contributed by atoms with van der Waals surface area (Å²) in [5.74, 6) is 1.34. The van der Waals surface area contributed by atoms with Crippen LogP contribution in [-0.2, 0) is 23.8 Å². The van der Waals surface area contributed by atoms with Crippen LogP contribution in [-0.4, -0.2) is 105 Å². The Hall–Kier alpha value is -6.03. The molecule has 2 bridgehead atoms. The first-order valence-electron chi connectivity index (χ1n) is 22.6. The van der Waals surface area contributed by atoms with Gasteiger partial charge in [-0.05, 0) is 109 Å². The van der Waals surface area contributed by atoms with Crippen LogP contribution in [0.25, 0.3) is 44.2 Å². The van der Waals surface area contributed by atoms with E-state index in [1.807, 2.05) is 60.0 Å². The number of amides is 4. The van der Waals surface area contributed by atoms with Crippen molar-refractivity contribution < 1.29 is 37.8 Å². The summed E-state index contributed by atoms with van der Waals surface area (Å²) in [6.07, 6.45) is 5.21. The Morgan fingerprint density at radius 2 is 1.61 bits per heavy atom. The van der Waals surface area contributed by atoms with Crippen LogP contribution in [0.4, 0.5) is 14.0 Å². The molecule has 5 aromatic rings. The zero-order valence-corrected chi connectivity index (χ0v) is 36.7. The molecule has 15 nitrogen and oxygen atoms in total. The molecule has 64 heavy (non-hydrogen) atoms. The van der Waals surface area contributed by atoms with Gasteiger partial charge in [-0.3, -0.25) is 9.59 Å². The molecule has 0 spiro atoms. The fourth-order valence-corrected chi connectivity index (χ4v) is 11.5. The average Bonchev–Trinajstić information content (AvgIpc) is 4.03. The first-order chi connectivity index (χ1) is 30.9. The summed E-state index contributed by atoms with van der Waals surface area (Å²) in [5, 5.41) is 7.46. The number of aromatic amines is 2. The van der Waals surface area contributed by atoms with E-state index in [0.717, 1.165) is 58.9 Å². The molecular formula is C48H55FN8O7. The van der Waals surface area contributed by atoms with Gasteiger partial charge in [0.2, 0.25) is 11.8 Å². The number of aromatic nitrogens is 4. The van der Waals surface area contributed by atoms with Crippen LogP contribution >= 0.6 is 0 Å². The SMILES string of the molecule is COC(=O)N[C@H](C(=O)N1[C@@H]2CC[C@@H](C2)[C@H]1c1nc2c(ccc3cc(-c4ccc(-c5cnc([C@@H]6C[C@H]7[C@@H](C)[C@H]7N6C(=O)[C@@H](NC(=O)OC)C6CCOCC6)[nH]5)c(F)c4)ccc32)[nH]1)C(C)C. The number of benzene rings is 3. The molecule has 5 fully saturated rings. The number of ether oxygens (including phenoxy) is 3. The smallest absolute Gasteiger partial charge is 0.407 e. The number of rotatable bonds is 10. The van der Waals surface area contributed by atoms with Crippen molar-refractivity contribution in [3.63, 3.8) is 0 Å². The first-order valence-corrected chi connectivity index (χ1v) is 22.6. The van der Waals surface area contributed by atoms with Gasteiger partial charge in [-0.25, -0.2) is 23.9 Å². The number of H-pyrrole nitrogens is 2. The minimum atomic E-state index is -0.750. The van der Waals surface area contributed by atoms with Crippen molar-refractivity contribution in [2.75, 3.05) is 27.4 Å². The van der Waals surface area contributed by atoms with Crippen molar-refractivity contribution in [3.8, 4) is 22.4 Å². The van der Waals surface area contributed by atoms with Crippen LogP contribution < -0.4 is 10.6 Å². The highest BCUT2D eigenvalue weighted by Gasteiger charge is 2.62. The quantitative estimate of drug-likeness (QED) is 0.111. The summed E-state index contributed by atoms with van der Waals surface area (Å²) in [7, 11) is 2.59. The number of fused-ring (bicyclic) bond motifs is 6. The summed E-state index contributed by atoms with van der Waals surface area (Å²) in [5.41, 5.74) is 4.09. The second-order valence-electron chi connectivity index (χ2n) is 18.7. The Balaban J connectivity index is 0.885. The molecule has 3 aliphatic heterocycles. The van der Waals surface area contributed by atoms with Crippen LogP contribution in [0.5, 0.6) is 0 Å². The lowest BCUT2D eigenvalue weighted by molar-refractivity contribution is -0.139. The van der Waals surface area contributed by atoms with E-state index in [-0.39, 0.29) is 53.7 Å². The van der Waals surface area contributed by atoms with Crippen LogP contribution in [0.1, 0.15) is 83.0 Å². The summed E-state index contributed by atoms with van der Waals surface area (Å²) in [6.45, 7) is 7.03. The number of likely N-dealkylation sites (tertiary alicyclic amines) is 2. The van der Waals surface area contributed by atoms with Crippen LogP contribution in [0.3, 0.4) is 0 Å². The van der Waals surface area contributed by atoms with Crippen molar-refractivity contribution in [2.45, 2.75) is 95.5 Å².